The first-order chi connectivity index (χ1) is 16.5. The summed E-state index contributed by atoms with van der Waals surface area (Å²) in [5.74, 6) is 1.53. The van der Waals surface area contributed by atoms with Gasteiger partial charge in [-0.15, -0.1) is 0 Å². The van der Waals surface area contributed by atoms with E-state index in [-0.39, 0.29) is 5.95 Å². The van der Waals surface area contributed by atoms with Crippen LogP contribution in [0.5, 0.6) is 5.75 Å². The third kappa shape index (κ3) is 4.42. The second-order valence-electron chi connectivity index (χ2n) is 7.69. The van der Waals surface area contributed by atoms with Crippen molar-refractivity contribution in [1.29, 1.82) is 0 Å². The van der Waals surface area contributed by atoms with Crippen LogP contribution in [0.2, 0.25) is 5.02 Å². The number of nitrogens with two attached hydrogens (primary N) is 2. The molecule has 3 aromatic carbocycles. The van der Waals surface area contributed by atoms with Gasteiger partial charge in [-0.05, 0) is 60.7 Å². The highest BCUT2D eigenvalue weighted by Crippen LogP contribution is 2.31. The highest BCUT2D eigenvalue weighted by molar-refractivity contribution is 6.30. The first kappa shape index (κ1) is 21.5. The van der Waals surface area contributed by atoms with Gasteiger partial charge < -0.3 is 21.5 Å². The van der Waals surface area contributed by atoms with E-state index in [2.05, 4.69) is 15.3 Å². The topological polar surface area (TPSA) is 112 Å². The van der Waals surface area contributed by atoms with Gasteiger partial charge in [0.05, 0.1) is 24.0 Å². The fraction of sp³-hybridized carbons (Fsp3) is 0.0385. The van der Waals surface area contributed by atoms with Gasteiger partial charge in [-0.25, -0.2) is 9.97 Å². The number of aromatic nitrogens is 3. The molecule has 0 radical (unpaired) electrons. The minimum absolute atomic E-state index is 0.168. The molecule has 2 heterocycles. The molecule has 0 bridgehead atoms. The number of anilines is 4. The van der Waals surface area contributed by atoms with Crippen molar-refractivity contribution < 1.29 is 4.74 Å². The van der Waals surface area contributed by atoms with Crippen LogP contribution in [0.15, 0.2) is 78.9 Å². The Balaban J connectivity index is 1.45. The molecule has 7 nitrogen and oxygen atoms in total. The molecule has 0 unspecified atom stereocenters. The Kier molecular flexibility index (Phi) is 5.61. The van der Waals surface area contributed by atoms with E-state index in [1.807, 2.05) is 78.9 Å². The van der Waals surface area contributed by atoms with Gasteiger partial charge in [0.2, 0.25) is 5.95 Å². The molecule has 168 valence electrons. The van der Waals surface area contributed by atoms with Gasteiger partial charge in [-0.1, -0.05) is 23.7 Å². The van der Waals surface area contributed by atoms with Crippen LogP contribution >= 0.6 is 11.6 Å². The van der Waals surface area contributed by atoms with E-state index in [0.29, 0.717) is 22.2 Å². The Bertz CT molecular complexity index is 1490. The van der Waals surface area contributed by atoms with E-state index in [9.17, 15) is 0 Å². The number of halogens is 1. The first-order valence-corrected chi connectivity index (χ1v) is 10.9. The molecular weight excluding hydrogens is 448 g/mol. The summed E-state index contributed by atoms with van der Waals surface area (Å²) in [6, 6.07) is 24.6. The van der Waals surface area contributed by atoms with Crippen molar-refractivity contribution in [1.82, 2.24) is 15.0 Å². The molecule has 5 rings (SSSR count). The van der Waals surface area contributed by atoms with E-state index in [1.165, 1.54) is 0 Å². The van der Waals surface area contributed by atoms with Crippen LogP contribution in [0.25, 0.3) is 33.4 Å². The third-order valence-electron chi connectivity index (χ3n) is 5.38. The largest absolute Gasteiger partial charge is 0.497 e. The Morgan fingerprint density at radius 2 is 1.44 bits per heavy atom. The molecule has 0 saturated carbocycles. The van der Waals surface area contributed by atoms with Crippen LogP contribution in [-0.2, 0) is 0 Å². The van der Waals surface area contributed by atoms with Crippen LogP contribution in [0.3, 0.4) is 0 Å². The Morgan fingerprint density at radius 3 is 2.15 bits per heavy atom. The minimum atomic E-state index is 0.168. The number of fused-ring (bicyclic) bond motifs is 1. The lowest BCUT2D eigenvalue weighted by Crippen LogP contribution is -2.02. The molecular formula is C26H21ClN6O. The average Bonchev–Trinajstić information content (AvgIpc) is 2.84. The SMILES string of the molecule is COc1ccc(-c2cc(N)c3cc(Nc4cc(-c5ccc(Cl)cc5)nc(N)n4)ccc3n2)cc1. The number of nitrogen functional groups attached to an aromatic ring is 2. The Hall–Kier alpha value is -4.36. The van der Waals surface area contributed by atoms with Crippen LogP contribution in [-0.4, -0.2) is 22.1 Å². The fourth-order valence-electron chi connectivity index (χ4n) is 3.69. The predicted octanol–water partition coefficient (Wildman–Crippen LogP) is 5.93. The zero-order chi connectivity index (χ0) is 23.7. The van der Waals surface area contributed by atoms with Gasteiger partial charge >= 0.3 is 0 Å². The summed E-state index contributed by atoms with van der Waals surface area (Å²) in [5.41, 5.74) is 17.9. The monoisotopic (exact) mass is 468 g/mol. The smallest absolute Gasteiger partial charge is 0.222 e. The van der Waals surface area contributed by atoms with Crippen LogP contribution in [0.1, 0.15) is 0 Å². The van der Waals surface area contributed by atoms with Crippen molar-refractivity contribution in [3.05, 3.63) is 83.9 Å². The van der Waals surface area contributed by atoms with Crippen LogP contribution in [0.4, 0.5) is 23.1 Å². The average molecular weight is 469 g/mol. The fourth-order valence-corrected chi connectivity index (χ4v) is 3.81. The van der Waals surface area contributed by atoms with Crippen molar-refractivity contribution in [2.24, 2.45) is 0 Å². The van der Waals surface area contributed by atoms with Gasteiger partial charge in [0.1, 0.15) is 11.6 Å². The molecule has 0 aliphatic heterocycles. The van der Waals surface area contributed by atoms with E-state index >= 15 is 0 Å². The number of hydrogen-bond donors (Lipinski definition) is 3. The Labute approximate surface area is 201 Å². The van der Waals surface area contributed by atoms with Crippen molar-refractivity contribution in [2.75, 3.05) is 23.9 Å². The maximum atomic E-state index is 6.40. The maximum absolute atomic E-state index is 6.40. The van der Waals surface area contributed by atoms with Gasteiger partial charge in [-0.2, -0.15) is 4.98 Å². The minimum Gasteiger partial charge on any atom is -0.497 e. The molecule has 8 heteroatoms. The molecule has 0 spiro atoms. The number of ether oxygens (including phenoxy) is 1. The first-order valence-electron chi connectivity index (χ1n) is 10.5. The van der Waals surface area contributed by atoms with Crippen LogP contribution < -0.4 is 21.5 Å². The molecule has 5 aromatic rings. The molecule has 5 N–H and O–H groups in total. The number of benzene rings is 3. The van der Waals surface area contributed by atoms with Crippen LogP contribution in [0, 0.1) is 0 Å². The zero-order valence-electron chi connectivity index (χ0n) is 18.3. The quantitative estimate of drug-likeness (QED) is 0.293. The molecule has 0 fully saturated rings. The summed E-state index contributed by atoms with van der Waals surface area (Å²) in [4.78, 5) is 13.4. The number of hydrogen-bond acceptors (Lipinski definition) is 7. The second kappa shape index (κ2) is 8.88. The van der Waals surface area contributed by atoms with Crippen molar-refractivity contribution >= 4 is 45.6 Å². The highest BCUT2D eigenvalue weighted by atomic mass is 35.5. The lowest BCUT2D eigenvalue weighted by molar-refractivity contribution is 0.415. The zero-order valence-corrected chi connectivity index (χ0v) is 19.0. The summed E-state index contributed by atoms with van der Waals surface area (Å²) >= 11 is 6.00. The third-order valence-corrected chi connectivity index (χ3v) is 5.63. The molecule has 0 amide bonds. The summed E-state index contributed by atoms with van der Waals surface area (Å²) in [5, 5.41) is 4.78. The lowest BCUT2D eigenvalue weighted by Gasteiger charge is -2.11. The van der Waals surface area contributed by atoms with E-state index < -0.39 is 0 Å². The lowest BCUT2D eigenvalue weighted by atomic mass is 10.1. The van der Waals surface area contributed by atoms with Gasteiger partial charge in [0.15, 0.2) is 0 Å². The van der Waals surface area contributed by atoms with E-state index in [1.54, 1.807) is 7.11 Å². The molecule has 34 heavy (non-hydrogen) atoms. The summed E-state index contributed by atoms with van der Waals surface area (Å²) in [6.07, 6.45) is 0. The number of nitrogens with zero attached hydrogens (tertiary/aromatic N) is 3. The number of nitrogens with one attached hydrogen (secondary N) is 1. The normalized spacial score (nSPS) is 10.9. The maximum Gasteiger partial charge on any atom is 0.222 e. The van der Waals surface area contributed by atoms with Crippen molar-refractivity contribution in [3.8, 4) is 28.3 Å². The van der Waals surface area contributed by atoms with Gasteiger partial charge in [0.25, 0.3) is 0 Å². The van der Waals surface area contributed by atoms with Crippen molar-refractivity contribution in [3.63, 3.8) is 0 Å². The standard InChI is InChI=1S/C26H21ClN6O/c1-34-19-9-4-16(5-10-19)23-13-21(28)20-12-18(8-11-22(20)31-23)30-25-14-24(32-26(29)33-25)15-2-6-17(27)7-3-15/h2-14H,1H3,(H2,28,31)(H3,29,30,32,33). The molecule has 2 aromatic heterocycles. The van der Waals surface area contributed by atoms with Gasteiger partial charge in [-0.3, -0.25) is 0 Å². The van der Waals surface area contributed by atoms with Crippen molar-refractivity contribution in [2.45, 2.75) is 0 Å². The van der Waals surface area contributed by atoms with E-state index in [4.69, 9.17) is 32.8 Å². The summed E-state index contributed by atoms with van der Waals surface area (Å²) < 4.78 is 5.23. The number of methoxy groups -OCH3 is 1. The van der Waals surface area contributed by atoms with E-state index in [0.717, 1.165) is 39.2 Å². The summed E-state index contributed by atoms with van der Waals surface area (Å²) in [6.45, 7) is 0. The van der Waals surface area contributed by atoms with Gasteiger partial charge in [0, 0.05) is 39.0 Å². The highest BCUT2D eigenvalue weighted by Gasteiger charge is 2.09. The molecule has 0 aliphatic carbocycles. The number of pyridine rings is 1. The Morgan fingerprint density at radius 1 is 0.765 bits per heavy atom. The molecule has 0 atom stereocenters. The molecule has 0 aliphatic rings. The molecule has 0 saturated heterocycles. The number of rotatable bonds is 5. The second-order valence-corrected chi connectivity index (χ2v) is 8.12. The predicted molar refractivity (Wildman–Crippen MR) is 138 cm³/mol. The summed E-state index contributed by atoms with van der Waals surface area (Å²) in [7, 11) is 1.64.